The standard InChI is InChI=1S/C21H23N5O4/c1-13-8-14(2)26(25-13)19-11-18(22-12-23-19)24-20(27)7-6-15-9-16(28-3)21(30-5)17(10-15)29-4/h6-12H,1-5H3,(H,22,23,24,27)/b7-6+. The molecule has 2 aromatic heterocycles. The number of hydrogen-bond acceptors (Lipinski definition) is 7. The Hall–Kier alpha value is -3.88. The number of amides is 1. The van der Waals surface area contributed by atoms with Crippen LogP contribution in [0.25, 0.3) is 11.9 Å². The van der Waals surface area contributed by atoms with Gasteiger partial charge in [0.1, 0.15) is 12.1 Å². The van der Waals surface area contributed by atoms with E-state index in [1.54, 1.807) is 29.0 Å². The number of carbonyl (C=O) groups is 1. The highest BCUT2D eigenvalue weighted by Gasteiger charge is 2.12. The molecule has 0 aliphatic rings. The van der Waals surface area contributed by atoms with Gasteiger partial charge in [0.25, 0.3) is 0 Å². The van der Waals surface area contributed by atoms with Crippen molar-refractivity contribution in [2.45, 2.75) is 13.8 Å². The average Bonchev–Trinajstić information content (AvgIpc) is 3.09. The van der Waals surface area contributed by atoms with Gasteiger partial charge < -0.3 is 19.5 Å². The van der Waals surface area contributed by atoms with E-state index in [2.05, 4.69) is 20.4 Å². The van der Waals surface area contributed by atoms with Gasteiger partial charge in [0, 0.05) is 17.8 Å². The molecule has 30 heavy (non-hydrogen) atoms. The van der Waals surface area contributed by atoms with Crippen molar-refractivity contribution in [2.75, 3.05) is 26.6 Å². The summed E-state index contributed by atoms with van der Waals surface area (Å²) in [5.41, 5.74) is 2.53. The number of benzene rings is 1. The Labute approximate surface area is 174 Å². The van der Waals surface area contributed by atoms with Crippen molar-refractivity contribution in [1.29, 1.82) is 0 Å². The molecule has 0 aliphatic carbocycles. The second kappa shape index (κ2) is 9.08. The van der Waals surface area contributed by atoms with Crippen molar-refractivity contribution in [3.05, 3.63) is 53.6 Å². The number of nitrogens with one attached hydrogen (secondary N) is 1. The second-order valence-electron chi connectivity index (χ2n) is 6.38. The molecule has 0 spiro atoms. The van der Waals surface area contributed by atoms with Crippen LogP contribution >= 0.6 is 0 Å². The molecule has 3 rings (SSSR count). The third-order valence-corrected chi connectivity index (χ3v) is 4.24. The number of hydrogen-bond donors (Lipinski definition) is 1. The van der Waals surface area contributed by atoms with Crippen LogP contribution in [0.15, 0.2) is 36.7 Å². The van der Waals surface area contributed by atoms with Crippen molar-refractivity contribution in [3.8, 4) is 23.1 Å². The first kappa shape index (κ1) is 20.8. The summed E-state index contributed by atoms with van der Waals surface area (Å²) in [6.07, 6.45) is 4.42. The number of nitrogens with zero attached hydrogens (tertiary/aromatic N) is 4. The molecule has 0 radical (unpaired) electrons. The Balaban J connectivity index is 1.77. The van der Waals surface area contributed by atoms with E-state index in [1.807, 2.05) is 19.9 Å². The molecule has 0 unspecified atom stereocenters. The normalized spacial score (nSPS) is 10.8. The molecular weight excluding hydrogens is 386 g/mol. The number of rotatable bonds is 7. The van der Waals surface area contributed by atoms with Crippen molar-refractivity contribution < 1.29 is 19.0 Å². The van der Waals surface area contributed by atoms with Crippen LogP contribution in [0.4, 0.5) is 5.82 Å². The summed E-state index contributed by atoms with van der Waals surface area (Å²) < 4.78 is 17.6. The average molecular weight is 409 g/mol. The van der Waals surface area contributed by atoms with Crippen molar-refractivity contribution >= 4 is 17.8 Å². The smallest absolute Gasteiger partial charge is 0.249 e. The lowest BCUT2D eigenvalue weighted by molar-refractivity contribution is -0.111. The van der Waals surface area contributed by atoms with Crippen LogP contribution in [-0.4, -0.2) is 47.0 Å². The predicted octanol–water partition coefficient (Wildman–Crippen LogP) is 2.96. The van der Waals surface area contributed by atoms with Crippen LogP contribution in [0.3, 0.4) is 0 Å². The molecule has 156 valence electrons. The quantitative estimate of drug-likeness (QED) is 0.599. The van der Waals surface area contributed by atoms with Crippen LogP contribution in [0.1, 0.15) is 17.0 Å². The number of carbonyl (C=O) groups excluding carboxylic acids is 1. The maximum Gasteiger partial charge on any atom is 0.249 e. The Morgan fingerprint density at radius 3 is 2.27 bits per heavy atom. The molecule has 0 atom stereocenters. The van der Waals surface area contributed by atoms with Gasteiger partial charge in [0.15, 0.2) is 17.3 Å². The summed E-state index contributed by atoms with van der Waals surface area (Å²) in [7, 11) is 4.60. The first-order chi connectivity index (χ1) is 14.4. The van der Waals surface area contributed by atoms with Gasteiger partial charge in [-0.25, -0.2) is 14.6 Å². The summed E-state index contributed by atoms with van der Waals surface area (Å²) in [4.78, 5) is 20.7. The van der Waals surface area contributed by atoms with E-state index in [1.165, 1.54) is 33.7 Å². The first-order valence-corrected chi connectivity index (χ1v) is 9.10. The highest BCUT2D eigenvalue weighted by atomic mass is 16.5. The summed E-state index contributed by atoms with van der Waals surface area (Å²) in [6, 6.07) is 7.10. The van der Waals surface area contributed by atoms with Gasteiger partial charge in [-0.3, -0.25) is 4.79 Å². The minimum atomic E-state index is -0.346. The zero-order valence-corrected chi connectivity index (χ0v) is 17.5. The zero-order chi connectivity index (χ0) is 21.7. The van der Waals surface area contributed by atoms with Crippen LogP contribution < -0.4 is 19.5 Å². The fourth-order valence-corrected chi connectivity index (χ4v) is 2.93. The van der Waals surface area contributed by atoms with Crippen molar-refractivity contribution in [2.24, 2.45) is 0 Å². The monoisotopic (exact) mass is 409 g/mol. The molecular formula is C21H23N5O4. The zero-order valence-electron chi connectivity index (χ0n) is 17.5. The number of methoxy groups -OCH3 is 3. The maximum atomic E-state index is 12.4. The lowest BCUT2D eigenvalue weighted by Gasteiger charge is -2.12. The van der Waals surface area contributed by atoms with E-state index in [0.29, 0.717) is 34.4 Å². The van der Waals surface area contributed by atoms with E-state index in [9.17, 15) is 4.79 Å². The lowest BCUT2D eigenvalue weighted by atomic mass is 10.1. The SMILES string of the molecule is COc1cc(/C=C/C(=O)Nc2cc(-n3nc(C)cc3C)ncn2)cc(OC)c1OC. The summed E-state index contributed by atoms with van der Waals surface area (Å²) in [5, 5.41) is 7.11. The van der Waals surface area contributed by atoms with Crippen molar-refractivity contribution in [1.82, 2.24) is 19.7 Å². The summed E-state index contributed by atoms with van der Waals surface area (Å²) in [6.45, 7) is 3.84. The number of ether oxygens (including phenoxy) is 3. The van der Waals surface area contributed by atoms with Gasteiger partial charge in [-0.15, -0.1) is 0 Å². The van der Waals surface area contributed by atoms with Gasteiger partial charge in [-0.1, -0.05) is 0 Å². The van der Waals surface area contributed by atoms with Gasteiger partial charge in [0.05, 0.1) is 27.0 Å². The largest absolute Gasteiger partial charge is 0.493 e. The first-order valence-electron chi connectivity index (χ1n) is 9.10. The molecule has 0 saturated heterocycles. The molecule has 1 amide bonds. The van der Waals surface area contributed by atoms with E-state index in [0.717, 1.165) is 11.4 Å². The molecule has 0 fully saturated rings. The lowest BCUT2D eigenvalue weighted by Crippen LogP contribution is -2.11. The highest BCUT2D eigenvalue weighted by Crippen LogP contribution is 2.38. The Morgan fingerprint density at radius 1 is 1.00 bits per heavy atom. The van der Waals surface area contributed by atoms with E-state index in [-0.39, 0.29) is 5.91 Å². The molecule has 1 N–H and O–H groups in total. The summed E-state index contributed by atoms with van der Waals surface area (Å²) in [5.74, 6) is 2.08. The van der Waals surface area contributed by atoms with Crippen LogP contribution in [-0.2, 0) is 4.79 Å². The van der Waals surface area contributed by atoms with Crippen molar-refractivity contribution in [3.63, 3.8) is 0 Å². The molecule has 0 bridgehead atoms. The topological polar surface area (TPSA) is 100 Å². The van der Waals surface area contributed by atoms with Gasteiger partial charge in [0.2, 0.25) is 11.7 Å². The number of anilines is 1. The Kier molecular flexibility index (Phi) is 6.31. The Morgan fingerprint density at radius 2 is 1.70 bits per heavy atom. The molecule has 0 saturated carbocycles. The fourth-order valence-electron chi connectivity index (χ4n) is 2.93. The van der Waals surface area contributed by atoms with Gasteiger partial charge >= 0.3 is 0 Å². The van der Waals surface area contributed by atoms with E-state index >= 15 is 0 Å². The van der Waals surface area contributed by atoms with Gasteiger partial charge in [-0.2, -0.15) is 5.10 Å². The third-order valence-electron chi connectivity index (χ3n) is 4.24. The molecule has 0 aliphatic heterocycles. The molecule has 3 aromatic rings. The van der Waals surface area contributed by atoms with Crippen LogP contribution in [0, 0.1) is 13.8 Å². The number of aryl methyl sites for hydroxylation is 2. The van der Waals surface area contributed by atoms with E-state index < -0.39 is 0 Å². The minimum Gasteiger partial charge on any atom is -0.493 e. The number of aromatic nitrogens is 4. The van der Waals surface area contributed by atoms with E-state index in [4.69, 9.17) is 14.2 Å². The highest BCUT2D eigenvalue weighted by molar-refractivity contribution is 6.01. The van der Waals surface area contributed by atoms with Crippen LogP contribution in [0.2, 0.25) is 0 Å². The molecule has 1 aromatic carbocycles. The second-order valence-corrected chi connectivity index (χ2v) is 6.38. The fraction of sp³-hybridized carbons (Fsp3) is 0.238. The minimum absolute atomic E-state index is 0.346. The third kappa shape index (κ3) is 4.57. The van der Waals surface area contributed by atoms with Gasteiger partial charge in [-0.05, 0) is 43.7 Å². The molecule has 2 heterocycles. The predicted molar refractivity (Wildman–Crippen MR) is 112 cm³/mol. The summed E-state index contributed by atoms with van der Waals surface area (Å²) >= 11 is 0. The van der Waals surface area contributed by atoms with Crippen LogP contribution in [0.5, 0.6) is 17.2 Å². The molecule has 9 heteroatoms. The maximum absolute atomic E-state index is 12.4. The molecule has 9 nitrogen and oxygen atoms in total. The Bertz CT molecular complexity index is 1070.